The Hall–Kier alpha value is -2.04. The minimum atomic E-state index is -0.876. The Morgan fingerprint density at radius 2 is 1.64 bits per heavy atom. The Bertz CT molecular complexity index is 222. The molecular formula is C7H4N4. The van der Waals surface area contributed by atoms with Crippen molar-refractivity contribution in [3.8, 4) is 12.1 Å². The highest BCUT2D eigenvalue weighted by molar-refractivity contribution is 5.04. The summed E-state index contributed by atoms with van der Waals surface area (Å²) in [7, 11) is 0. The summed E-state index contributed by atoms with van der Waals surface area (Å²) in [5.41, 5.74) is 0. The van der Waals surface area contributed by atoms with E-state index < -0.39 is 12.1 Å². The van der Waals surface area contributed by atoms with Crippen LogP contribution < -0.4 is 0 Å². The van der Waals surface area contributed by atoms with E-state index in [0.717, 1.165) is 0 Å². The van der Waals surface area contributed by atoms with Crippen molar-refractivity contribution in [3.05, 3.63) is 22.8 Å². The van der Waals surface area contributed by atoms with Gasteiger partial charge in [0.15, 0.2) is 0 Å². The number of hydrogen-bond acceptors (Lipinski definition) is 2. The van der Waals surface area contributed by atoms with Gasteiger partial charge in [-0.15, -0.1) is 0 Å². The lowest BCUT2D eigenvalue weighted by molar-refractivity contribution is 0.711. The monoisotopic (exact) mass is 144 g/mol. The average molecular weight is 144 g/mol. The fourth-order valence-electron chi connectivity index (χ4n) is 0.479. The maximum Gasteiger partial charge on any atom is 0.476 e. The number of rotatable bonds is 2. The molecule has 0 atom stereocenters. The molecule has 11 heavy (non-hydrogen) atoms. The summed E-state index contributed by atoms with van der Waals surface area (Å²) in [5.74, 6) is -0.830. The molecule has 0 fully saturated rings. The van der Waals surface area contributed by atoms with Gasteiger partial charge in [0, 0.05) is 0 Å². The van der Waals surface area contributed by atoms with Crippen LogP contribution in [0.5, 0.6) is 0 Å². The Balaban J connectivity index is 4.09. The molecule has 0 bridgehead atoms. The van der Waals surface area contributed by atoms with Crippen LogP contribution in [0.25, 0.3) is 9.69 Å². The van der Waals surface area contributed by atoms with Crippen molar-refractivity contribution in [2.24, 2.45) is 5.92 Å². The van der Waals surface area contributed by atoms with Crippen LogP contribution in [-0.4, -0.2) is 6.17 Å². The SMILES string of the molecule is [C-]#[N+]C(CC(C#N)C#N)[N+]#[C-]. The molecule has 0 aromatic carbocycles. The van der Waals surface area contributed by atoms with E-state index in [1.165, 1.54) is 0 Å². The summed E-state index contributed by atoms with van der Waals surface area (Å²) in [6.45, 7) is 13.0. The van der Waals surface area contributed by atoms with Gasteiger partial charge in [-0.2, -0.15) is 10.5 Å². The van der Waals surface area contributed by atoms with Gasteiger partial charge in [0.1, 0.15) is 12.3 Å². The molecule has 0 unspecified atom stereocenters. The summed E-state index contributed by atoms with van der Waals surface area (Å²) < 4.78 is 0. The van der Waals surface area contributed by atoms with Crippen molar-refractivity contribution in [3.63, 3.8) is 0 Å². The molecule has 0 aromatic rings. The van der Waals surface area contributed by atoms with Crippen LogP contribution in [0.1, 0.15) is 6.42 Å². The van der Waals surface area contributed by atoms with Crippen LogP contribution in [-0.2, 0) is 0 Å². The van der Waals surface area contributed by atoms with Crippen molar-refractivity contribution in [1.29, 1.82) is 10.5 Å². The second-order valence-electron chi connectivity index (χ2n) is 1.79. The molecule has 0 spiro atoms. The zero-order valence-corrected chi connectivity index (χ0v) is 5.65. The lowest BCUT2D eigenvalue weighted by atomic mass is 10.1. The number of nitriles is 2. The first-order chi connectivity index (χ1) is 5.28. The van der Waals surface area contributed by atoms with Crippen molar-refractivity contribution in [1.82, 2.24) is 0 Å². The average Bonchev–Trinajstić information content (AvgIpc) is 2.07. The highest BCUT2D eigenvalue weighted by atomic mass is 14.9. The van der Waals surface area contributed by atoms with Crippen LogP contribution in [0.2, 0.25) is 0 Å². The summed E-state index contributed by atoms with van der Waals surface area (Å²) in [5, 5.41) is 16.6. The maximum atomic E-state index is 8.29. The zero-order valence-electron chi connectivity index (χ0n) is 5.65. The second-order valence-corrected chi connectivity index (χ2v) is 1.79. The van der Waals surface area contributed by atoms with Crippen molar-refractivity contribution in [2.75, 3.05) is 0 Å². The number of nitrogens with zero attached hydrogens (tertiary/aromatic N) is 4. The Kier molecular flexibility index (Phi) is 3.91. The van der Waals surface area contributed by atoms with Crippen molar-refractivity contribution < 1.29 is 0 Å². The highest BCUT2D eigenvalue weighted by Gasteiger charge is 2.22. The fourth-order valence-corrected chi connectivity index (χ4v) is 0.479. The lowest BCUT2D eigenvalue weighted by Gasteiger charge is -1.90. The lowest BCUT2D eigenvalue weighted by Crippen LogP contribution is -2.02. The predicted octanol–water partition coefficient (Wildman–Crippen LogP) is 1.20. The molecule has 52 valence electrons. The molecule has 0 heterocycles. The van der Waals surface area contributed by atoms with E-state index in [1.807, 2.05) is 0 Å². The summed E-state index contributed by atoms with van der Waals surface area (Å²) in [4.78, 5) is 5.87. The van der Waals surface area contributed by atoms with Crippen LogP contribution in [0.3, 0.4) is 0 Å². The molecule has 4 heteroatoms. The van der Waals surface area contributed by atoms with Gasteiger partial charge in [0.2, 0.25) is 0 Å². The van der Waals surface area contributed by atoms with Crippen LogP contribution in [0, 0.1) is 41.7 Å². The molecular weight excluding hydrogens is 140 g/mol. The molecule has 0 N–H and O–H groups in total. The fraction of sp³-hybridized carbons (Fsp3) is 0.429. The first-order valence-corrected chi connectivity index (χ1v) is 2.80. The third-order valence-corrected chi connectivity index (χ3v) is 1.06. The van der Waals surface area contributed by atoms with Gasteiger partial charge in [-0.3, -0.25) is 0 Å². The minimum Gasteiger partial charge on any atom is -0.233 e. The smallest absolute Gasteiger partial charge is 0.233 e. The molecule has 4 nitrogen and oxygen atoms in total. The Morgan fingerprint density at radius 1 is 1.18 bits per heavy atom. The molecule has 0 saturated heterocycles. The van der Waals surface area contributed by atoms with Crippen LogP contribution in [0.15, 0.2) is 0 Å². The van der Waals surface area contributed by atoms with E-state index in [1.54, 1.807) is 12.1 Å². The molecule has 0 aliphatic carbocycles. The van der Waals surface area contributed by atoms with Crippen LogP contribution in [0.4, 0.5) is 0 Å². The number of hydrogen-bond donors (Lipinski definition) is 0. The Morgan fingerprint density at radius 3 is 1.91 bits per heavy atom. The van der Waals surface area contributed by atoms with E-state index in [-0.39, 0.29) is 6.42 Å². The van der Waals surface area contributed by atoms with Gasteiger partial charge in [0.25, 0.3) is 0 Å². The van der Waals surface area contributed by atoms with Gasteiger partial charge in [-0.05, 0) is 0 Å². The normalized spacial score (nSPS) is 7.82. The van der Waals surface area contributed by atoms with Gasteiger partial charge >= 0.3 is 6.17 Å². The van der Waals surface area contributed by atoms with Crippen molar-refractivity contribution >= 4 is 0 Å². The van der Waals surface area contributed by atoms with Gasteiger partial charge in [0.05, 0.1) is 12.1 Å². The van der Waals surface area contributed by atoms with E-state index in [0.29, 0.717) is 0 Å². The summed E-state index contributed by atoms with van der Waals surface area (Å²) in [6, 6.07) is 3.41. The quantitative estimate of drug-likeness (QED) is 0.547. The largest absolute Gasteiger partial charge is 0.476 e. The standard InChI is InChI=1S/C7H4N4/c1-10-7(11-2)3-6(4-8)5-9/h6-7H,3H2. The summed E-state index contributed by atoms with van der Waals surface area (Å²) in [6.07, 6.45) is -0.848. The molecule has 0 aromatic heterocycles. The van der Waals surface area contributed by atoms with E-state index >= 15 is 0 Å². The third-order valence-electron chi connectivity index (χ3n) is 1.06. The first kappa shape index (κ1) is 8.96. The first-order valence-electron chi connectivity index (χ1n) is 2.80. The molecule has 0 saturated carbocycles. The molecule has 0 aliphatic heterocycles. The Labute approximate surface area is 64.9 Å². The topological polar surface area (TPSA) is 56.3 Å². The predicted molar refractivity (Wildman–Crippen MR) is 36.3 cm³/mol. The van der Waals surface area contributed by atoms with E-state index in [9.17, 15) is 0 Å². The minimum absolute atomic E-state index is 0.0278. The van der Waals surface area contributed by atoms with Gasteiger partial charge < -0.3 is 0 Å². The molecule has 0 radical (unpaired) electrons. The molecule has 0 aliphatic rings. The van der Waals surface area contributed by atoms with E-state index in [2.05, 4.69) is 9.69 Å². The van der Waals surface area contributed by atoms with Gasteiger partial charge in [-0.1, -0.05) is 0 Å². The van der Waals surface area contributed by atoms with E-state index in [4.69, 9.17) is 23.7 Å². The summed E-state index contributed by atoms with van der Waals surface area (Å²) >= 11 is 0. The van der Waals surface area contributed by atoms with Gasteiger partial charge in [-0.25, -0.2) is 22.8 Å². The third kappa shape index (κ3) is 2.85. The van der Waals surface area contributed by atoms with Crippen LogP contribution >= 0.6 is 0 Å². The molecule has 0 amide bonds. The maximum absolute atomic E-state index is 8.29. The second kappa shape index (κ2) is 4.80. The van der Waals surface area contributed by atoms with Crippen molar-refractivity contribution in [2.45, 2.75) is 12.6 Å². The highest BCUT2D eigenvalue weighted by Crippen LogP contribution is 2.08. The zero-order chi connectivity index (χ0) is 8.69. The molecule has 0 rings (SSSR count).